The summed E-state index contributed by atoms with van der Waals surface area (Å²) >= 11 is 0. The van der Waals surface area contributed by atoms with Crippen molar-refractivity contribution in [3.63, 3.8) is 0 Å². The predicted molar refractivity (Wildman–Crippen MR) is 49.6 cm³/mol. The predicted octanol–water partition coefficient (Wildman–Crippen LogP) is 1.03. The van der Waals surface area contributed by atoms with Crippen molar-refractivity contribution >= 4 is 5.69 Å². The average Bonchev–Trinajstić information content (AvgIpc) is 2.16. The van der Waals surface area contributed by atoms with Gasteiger partial charge in [0.25, 0.3) is 0 Å². The highest BCUT2D eigenvalue weighted by molar-refractivity contribution is 5.51. The molecule has 0 aliphatic heterocycles. The van der Waals surface area contributed by atoms with Crippen LogP contribution in [0.3, 0.4) is 0 Å². The Morgan fingerprint density at radius 3 is 2.75 bits per heavy atom. The Bertz CT molecular complexity index is 261. The average molecular weight is 166 g/mol. The summed E-state index contributed by atoms with van der Waals surface area (Å²) in [5.74, 6) is 5.26. The van der Waals surface area contributed by atoms with Crippen LogP contribution in [0.4, 0.5) is 5.69 Å². The summed E-state index contributed by atoms with van der Waals surface area (Å²) in [4.78, 5) is 0. The van der Waals surface area contributed by atoms with Crippen molar-refractivity contribution in [3.05, 3.63) is 29.3 Å². The Kier molecular flexibility index (Phi) is 3.08. The molecule has 0 radical (unpaired) electrons. The Morgan fingerprint density at radius 2 is 2.25 bits per heavy atom. The van der Waals surface area contributed by atoms with Crippen molar-refractivity contribution in [3.8, 4) is 0 Å². The summed E-state index contributed by atoms with van der Waals surface area (Å²) in [6.07, 6.45) is 0.970. The van der Waals surface area contributed by atoms with E-state index in [1.165, 1.54) is 5.56 Å². The first kappa shape index (κ1) is 9.03. The third kappa shape index (κ3) is 1.75. The van der Waals surface area contributed by atoms with E-state index in [-0.39, 0.29) is 6.61 Å². The van der Waals surface area contributed by atoms with Crippen LogP contribution in [0.15, 0.2) is 18.2 Å². The van der Waals surface area contributed by atoms with Crippen LogP contribution < -0.4 is 11.3 Å². The molecule has 0 heterocycles. The second-order valence-electron chi connectivity index (χ2n) is 2.65. The minimum Gasteiger partial charge on any atom is -0.392 e. The SMILES string of the molecule is CCc1ccc(NN)c(CO)c1. The number of hydrogen-bond donors (Lipinski definition) is 3. The molecule has 1 rings (SSSR count). The van der Waals surface area contributed by atoms with E-state index in [9.17, 15) is 0 Å². The number of anilines is 1. The van der Waals surface area contributed by atoms with Gasteiger partial charge in [-0.3, -0.25) is 5.84 Å². The number of aliphatic hydroxyl groups is 1. The first-order chi connectivity index (χ1) is 5.81. The molecule has 0 bridgehead atoms. The Labute approximate surface area is 72.2 Å². The molecule has 0 saturated heterocycles. The van der Waals surface area contributed by atoms with Gasteiger partial charge in [0.2, 0.25) is 0 Å². The fourth-order valence-electron chi connectivity index (χ4n) is 1.14. The number of rotatable bonds is 3. The number of aliphatic hydroxyl groups excluding tert-OH is 1. The molecule has 0 aliphatic rings. The highest BCUT2D eigenvalue weighted by Crippen LogP contribution is 2.16. The molecule has 3 nitrogen and oxygen atoms in total. The monoisotopic (exact) mass is 166 g/mol. The van der Waals surface area contributed by atoms with E-state index >= 15 is 0 Å². The lowest BCUT2D eigenvalue weighted by atomic mass is 10.1. The summed E-state index contributed by atoms with van der Waals surface area (Å²) in [7, 11) is 0. The van der Waals surface area contributed by atoms with Crippen LogP contribution in [0.5, 0.6) is 0 Å². The highest BCUT2D eigenvalue weighted by Gasteiger charge is 1.99. The van der Waals surface area contributed by atoms with Crippen molar-refractivity contribution in [2.75, 3.05) is 5.43 Å². The van der Waals surface area contributed by atoms with Crippen LogP contribution in [0, 0.1) is 0 Å². The van der Waals surface area contributed by atoms with Crippen molar-refractivity contribution < 1.29 is 5.11 Å². The maximum absolute atomic E-state index is 8.97. The molecule has 3 heteroatoms. The lowest BCUT2D eigenvalue weighted by Gasteiger charge is -2.07. The molecular weight excluding hydrogens is 152 g/mol. The molecule has 0 aromatic heterocycles. The van der Waals surface area contributed by atoms with Gasteiger partial charge in [0.15, 0.2) is 0 Å². The third-order valence-electron chi connectivity index (χ3n) is 1.90. The third-order valence-corrected chi connectivity index (χ3v) is 1.90. The van der Waals surface area contributed by atoms with Gasteiger partial charge in [0, 0.05) is 5.56 Å². The molecule has 0 spiro atoms. The van der Waals surface area contributed by atoms with Crippen LogP contribution in [-0.2, 0) is 13.0 Å². The van der Waals surface area contributed by atoms with Crippen LogP contribution in [0.25, 0.3) is 0 Å². The molecule has 0 amide bonds. The number of hydrazine groups is 1. The van der Waals surface area contributed by atoms with Gasteiger partial charge in [-0.2, -0.15) is 0 Å². The normalized spacial score (nSPS) is 9.92. The first-order valence-electron chi connectivity index (χ1n) is 4.01. The van der Waals surface area contributed by atoms with E-state index in [1.54, 1.807) is 0 Å². The summed E-state index contributed by atoms with van der Waals surface area (Å²) in [6, 6.07) is 5.83. The van der Waals surface area contributed by atoms with E-state index in [1.807, 2.05) is 18.2 Å². The molecule has 0 atom stereocenters. The van der Waals surface area contributed by atoms with Crippen LogP contribution in [-0.4, -0.2) is 5.11 Å². The molecular formula is C9H14N2O. The number of nitrogen functional groups attached to an aromatic ring is 1. The second-order valence-corrected chi connectivity index (χ2v) is 2.65. The first-order valence-corrected chi connectivity index (χ1v) is 4.01. The smallest absolute Gasteiger partial charge is 0.0702 e. The maximum Gasteiger partial charge on any atom is 0.0702 e. The lowest BCUT2D eigenvalue weighted by Crippen LogP contribution is -2.09. The fourth-order valence-corrected chi connectivity index (χ4v) is 1.14. The number of hydrogen-bond acceptors (Lipinski definition) is 3. The van der Waals surface area contributed by atoms with E-state index in [2.05, 4.69) is 12.3 Å². The quantitative estimate of drug-likeness (QED) is 0.464. The van der Waals surface area contributed by atoms with Crippen molar-refractivity contribution in [1.29, 1.82) is 0 Å². The van der Waals surface area contributed by atoms with E-state index in [0.29, 0.717) is 0 Å². The zero-order valence-electron chi connectivity index (χ0n) is 7.17. The molecule has 0 aliphatic carbocycles. The molecule has 1 aromatic rings. The number of nitrogens with one attached hydrogen (secondary N) is 1. The molecule has 12 heavy (non-hydrogen) atoms. The molecule has 4 N–H and O–H groups in total. The topological polar surface area (TPSA) is 58.3 Å². The highest BCUT2D eigenvalue weighted by atomic mass is 16.3. The van der Waals surface area contributed by atoms with E-state index in [4.69, 9.17) is 10.9 Å². The molecule has 0 unspecified atom stereocenters. The van der Waals surface area contributed by atoms with Crippen molar-refractivity contribution in [2.45, 2.75) is 20.0 Å². The van der Waals surface area contributed by atoms with Crippen molar-refractivity contribution in [1.82, 2.24) is 0 Å². The lowest BCUT2D eigenvalue weighted by molar-refractivity contribution is 0.282. The number of nitrogens with two attached hydrogens (primary N) is 1. The maximum atomic E-state index is 8.97. The summed E-state index contributed by atoms with van der Waals surface area (Å²) in [5.41, 5.74) is 5.38. The second kappa shape index (κ2) is 4.09. The van der Waals surface area contributed by atoms with E-state index in [0.717, 1.165) is 17.7 Å². The standard InChI is InChI=1S/C9H14N2O/c1-2-7-3-4-9(11-10)8(5-7)6-12/h3-5,11-12H,2,6,10H2,1H3. The van der Waals surface area contributed by atoms with Crippen LogP contribution in [0.2, 0.25) is 0 Å². The van der Waals surface area contributed by atoms with Gasteiger partial charge in [0.1, 0.15) is 0 Å². The van der Waals surface area contributed by atoms with Gasteiger partial charge in [-0.05, 0) is 18.1 Å². The largest absolute Gasteiger partial charge is 0.392 e. The van der Waals surface area contributed by atoms with Gasteiger partial charge in [-0.15, -0.1) is 0 Å². The Balaban J connectivity index is 3.02. The molecule has 0 fully saturated rings. The Hall–Kier alpha value is -1.06. The fraction of sp³-hybridized carbons (Fsp3) is 0.333. The molecule has 66 valence electrons. The minimum absolute atomic E-state index is 0.0212. The van der Waals surface area contributed by atoms with Crippen molar-refractivity contribution in [2.24, 2.45) is 5.84 Å². The summed E-state index contributed by atoms with van der Waals surface area (Å²) in [6.45, 7) is 2.10. The minimum atomic E-state index is 0.0212. The number of benzene rings is 1. The van der Waals surface area contributed by atoms with Gasteiger partial charge in [-0.1, -0.05) is 19.1 Å². The summed E-state index contributed by atoms with van der Waals surface area (Å²) in [5, 5.41) is 8.97. The zero-order valence-corrected chi connectivity index (χ0v) is 7.17. The van der Waals surface area contributed by atoms with Crippen LogP contribution in [0.1, 0.15) is 18.1 Å². The van der Waals surface area contributed by atoms with E-state index < -0.39 is 0 Å². The molecule has 0 saturated carbocycles. The Morgan fingerprint density at radius 1 is 1.50 bits per heavy atom. The van der Waals surface area contributed by atoms with Gasteiger partial charge in [0.05, 0.1) is 12.3 Å². The number of aryl methyl sites for hydroxylation is 1. The van der Waals surface area contributed by atoms with Gasteiger partial charge >= 0.3 is 0 Å². The summed E-state index contributed by atoms with van der Waals surface area (Å²) < 4.78 is 0. The van der Waals surface area contributed by atoms with Gasteiger partial charge < -0.3 is 10.5 Å². The zero-order chi connectivity index (χ0) is 8.97. The van der Waals surface area contributed by atoms with Crippen LogP contribution >= 0.6 is 0 Å². The molecule has 1 aromatic carbocycles. The van der Waals surface area contributed by atoms with Gasteiger partial charge in [-0.25, -0.2) is 0 Å².